The minimum atomic E-state index is -4.29. The number of thioether (sulfide) groups is 1. The van der Waals surface area contributed by atoms with E-state index in [-0.39, 0.29) is 10.6 Å². The van der Waals surface area contributed by atoms with Crippen LogP contribution < -0.4 is 0 Å². The fourth-order valence-electron chi connectivity index (χ4n) is 0.819. The predicted octanol–water partition coefficient (Wildman–Crippen LogP) is 4.24. The van der Waals surface area contributed by atoms with Crippen LogP contribution in [-0.2, 0) is 0 Å². The van der Waals surface area contributed by atoms with E-state index in [1.807, 2.05) is 0 Å². The van der Waals surface area contributed by atoms with E-state index >= 15 is 0 Å². The van der Waals surface area contributed by atoms with Gasteiger partial charge in [-0.3, -0.25) is 0 Å². The van der Waals surface area contributed by atoms with E-state index in [1.165, 1.54) is 18.2 Å². The van der Waals surface area contributed by atoms with Crippen molar-refractivity contribution < 1.29 is 17.6 Å². The largest absolute Gasteiger partial charge is 0.402 e. The molecule has 0 amide bonds. The topological polar surface area (TPSA) is 0 Å². The van der Waals surface area contributed by atoms with Crippen LogP contribution in [-0.4, -0.2) is 16.8 Å². The summed E-state index contributed by atoms with van der Waals surface area (Å²) in [6.07, 6.45) is -4.29. The molecule has 0 nitrogen and oxygen atoms in total. The fraction of sp³-hybridized carbons (Fsp3) is 0.333. The smallest absolute Gasteiger partial charge is 0.206 e. The minimum Gasteiger partial charge on any atom is -0.206 e. The molecule has 0 fully saturated rings. The van der Waals surface area contributed by atoms with Crippen molar-refractivity contribution in [3.05, 3.63) is 30.1 Å². The zero-order valence-electron chi connectivity index (χ0n) is 7.39. The summed E-state index contributed by atoms with van der Waals surface area (Å²) >= 11 is 3.35. The third-order valence-electron chi connectivity index (χ3n) is 1.58. The Bertz CT molecular complexity index is 326. The van der Waals surface area contributed by atoms with Gasteiger partial charge in [0.15, 0.2) is 0 Å². The molecule has 0 aliphatic rings. The highest BCUT2D eigenvalue weighted by Crippen LogP contribution is 2.32. The number of hydrogen-bond acceptors (Lipinski definition) is 1. The van der Waals surface area contributed by atoms with Gasteiger partial charge >= 0.3 is 6.18 Å². The first-order valence-corrected chi connectivity index (χ1v) is 5.89. The maximum atomic E-state index is 13.0. The second kappa shape index (κ2) is 5.21. The first kappa shape index (κ1) is 12.8. The van der Waals surface area contributed by atoms with Gasteiger partial charge < -0.3 is 0 Å². The lowest BCUT2D eigenvalue weighted by Gasteiger charge is -2.13. The van der Waals surface area contributed by atoms with Crippen molar-refractivity contribution in [2.24, 2.45) is 0 Å². The van der Waals surface area contributed by atoms with Crippen LogP contribution in [0.4, 0.5) is 17.6 Å². The minimum absolute atomic E-state index is 0.228. The average Bonchev–Trinajstić information content (AvgIpc) is 2.14. The number of alkyl halides is 4. The number of benzene rings is 1. The van der Waals surface area contributed by atoms with Gasteiger partial charge in [0.05, 0.1) is 0 Å². The van der Waals surface area contributed by atoms with E-state index in [2.05, 4.69) is 15.9 Å². The SMILES string of the molecule is Fc1ccccc1SCC(Br)C(F)(F)F. The highest BCUT2D eigenvalue weighted by Gasteiger charge is 2.37. The first-order valence-electron chi connectivity index (χ1n) is 3.99. The van der Waals surface area contributed by atoms with Gasteiger partial charge in [-0.2, -0.15) is 13.2 Å². The van der Waals surface area contributed by atoms with Gasteiger partial charge in [0.2, 0.25) is 0 Å². The molecule has 1 aromatic rings. The van der Waals surface area contributed by atoms with Gasteiger partial charge in [0.1, 0.15) is 10.6 Å². The molecule has 1 atom stereocenters. The number of halogens is 5. The highest BCUT2D eigenvalue weighted by atomic mass is 79.9. The summed E-state index contributed by atoms with van der Waals surface area (Å²) in [4.78, 5) is -1.39. The molecule has 84 valence electrons. The molecule has 0 aliphatic carbocycles. The predicted molar refractivity (Wildman–Crippen MR) is 55.9 cm³/mol. The van der Waals surface area contributed by atoms with Crippen LogP contribution >= 0.6 is 27.7 Å². The van der Waals surface area contributed by atoms with Crippen LogP contribution in [0.15, 0.2) is 29.2 Å². The molecular weight excluding hydrogens is 296 g/mol. The monoisotopic (exact) mass is 302 g/mol. The molecule has 1 rings (SSSR count). The van der Waals surface area contributed by atoms with Crippen molar-refractivity contribution in [2.45, 2.75) is 15.9 Å². The van der Waals surface area contributed by atoms with Crippen molar-refractivity contribution in [3.8, 4) is 0 Å². The lowest BCUT2D eigenvalue weighted by Crippen LogP contribution is -2.24. The third-order valence-corrected chi connectivity index (χ3v) is 3.99. The zero-order valence-corrected chi connectivity index (χ0v) is 9.79. The van der Waals surface area contributed by atoms with E-state index in [0.29, 0.717) is 0 Å². The summed E-state index contributed by atoms with van der Waals surface area (Å²) in [7, 11) is 0. The Hall–Kier alpha value is -0.230. The van der Waals surface area contributed by atoms with E-state index in [0.717, 1.165) is 11.8 Å². The Morgan fingerprint density at radius 1 is 1.27 bits per heavy atom. The van der Waals surface area contributed by atoms with E-state index < -0.39 is 16.8 Å². The Morgan fingerprint density at radius 3 is 2.40 bits per heavy atom. The summed E-state index contributed by atoms with van der Waals surface area (Å²) in [6.45, 7) is 0. The molecule has 0 bridgehead atoms. The molecule has 0 aliphatic heterocycles. The molecule has 0 aromatic heterocycles. The van der Waals surface area contributed by atoms with E-state index in [1.54, 1.807) is 6.07 Å². The van der Waals surface area contributed by atoms with Crippen LogP contribution in [0, 0.1) is 5.82 Å². The maximum absolute atomic E-state index is 13.0. The molecule has 1 aromatic carbocycles. The van der Waals surface area contributed by atoms with Crippen molar-refractivity contribution >= 4 is 27.7 Å². The van der Waals surface area contributed by atoms with Crippen molar-refractivity contribution in [1.29, 1.82) is 0 Å². The van der Waals surface area contributed by atoms with Gasteiger partial charge in [-0.25, -0.2) is 4.39 Å². The van der Waals surface area contributed by atoms with Gasteiger partial charge in [0.25, 0.3) is 0 Å². The molecular formula is C9H7BrF4S. The van der Waals surface area contributed by atoms with E-state index in [9.17, 15) is 17.6 Å². The maximum Gasteiger partial charge on any atom is 0.402 e. The van der Waals surface area contributed by atoms with Gasteiger partial charge in [-0.15, -0.1) is 11.8 Å². The molecule has 0 spiro atoms. The molecule has 15 heavy (non-hydrogen) atoms. The Kier molecular flexibility index (Phi) is 4.45. The molecule has 0 radical (unpaired) electrons. The second-order valence-electron chi connectivity index (χ2n) is 2.75. The zero-order chi connectivity index (χ0) is 11.5. The second-order valence-corrected chi connectivity index (χ2v) is 4.92. The summed E-state index contributed by atoms with van der Waals surface area (Å²) < 4.78 is 49.3. The lowest BCUT2D eigenvalue weighted by atomic mass is 10.3. The quantitative estimate of drug-likeness (QED) is 0.457. The summed E-state index contributed by atoms with van der Waals surface area (Å²) in [5.41, 5.74) is 0. The molecule has 0 heterocycles. The van der Waals surface area contributed by atoms with Gasteiger partial charge in [-0.05, 0) is 12.1 Å². The Morgan fingerprint density at radius 2 is 1.87 bits per heavy atom. The van der Waals surface area contributed by atoms with Crippen LogP contribution in [0.2, 0.25) is 0 Å². The number of hydrogen-bond donors (Lipinski definition) is 0. The molecule has 0 saturated carbocycles. The molecule has 6 heteroatoms. The van der Waals surface area contributed by atoms with Crippen molar-refractivity contribution in [2.75, 3.05) is 5.75 Å². The summed E-state index contributed by atoms with van der Waals surface area (Å²) in [5.74, 6) is -0.742. The third kappa shape index (κ3) is 4.03. The van der Waals surface area contributed by atoms with Crippen molar-refractivity contribution in [1.82, 2.24) is 0 Å². The van der Waals surface area contributed by atoms with Crippen LogP contribution in [0.5, 0.6) is 0 Å². The molecule has 0 saturated heterocycles. The van der Waals surface area contributed by atoms with Crippen LogP contribution in [0.3, 0.4) is 0 Å². The normalized spacial score (nSPS) is 13.9. The average molecular weight is 303 g/mol. The van der Waals surface area contributed by atoms with Crippen LogP contribution in [0.25, 0.3) is 0 Å². The molecule has 0 N–H and O–H groups in total. The standard InChI is InChI=1S/C9H7BrF4S/c10-8(9(12,13)14)5-15-7-4-2-1-3-6(7)11/h1-4,8H,5H2. The van der Waals surface area contributed by atoms with E-state index in [4.69, 9.17) is 0 Å². The molecule has 1 unspecified atom stereocenters. The lowest BCUT2D eigenvalue weighted by molar-refractivity contribution is -0.122. The highest BCUT2D eigenvalue weighted by molar-refractivity contribution is 9.09. The van der Waals surface area contributed by atoms with Crippen LogP contribution in [0.1, 0.15) is 0 Å². The first-order chi connectivity index (χ1) is 6.91. The van der Waals surface area contributed by atoms with Crippen molar-refractivity contribution in [3.63, 3.8) is 0 Å². The Labute approximate surface area is 97.2 Å². The van der Waals surface area contributed by atoms with Gasteiger partial charge in [0, 0.05) is 10.6 Å². The van der Waals surface area contributed by atoms with Gasteiger partial charge in [-0.1, -0.05) is 28.1 Å². The number of rotatable bonds is 3. The fourth-order valence-corrected chi connectivity index (χ4v) is 2.11. The summed E-state index contributed by atoms with van der Waals surface area (Å²) in [5, 5.41) is 0. The Balaban J connectivity index is 2.55. The summed E-state index contributed by atoms with van der Waals surface area (Å²) in [6, 6.07) is 5.76.